The Balaban J connectivity index is 4.26. The lowest BCUT2D eigenvalue weighted by molar-refractivity contribution is -0.870. The molecule has 0 saturated heterocycles. The minimum atomic E-state index is -4.34. The van der Waals surface area contributed by atoms with Crippen LogP contribution in [0.1, 0.15) is 239 Å². The maximum absolute atomic E-state index is 12.9. The van der Waals surface area contributed by atoms with Gasteiger partial charge < -0.3 is 19.8 Å². The van der Waals surface area contributed by atoms with Crippen LogP contribution in [0.25, 0.3) is 0 Å². The summed E-state index contributed by atoms with van der Waals surface area (Å²) in [5.41, 5.74) is 0. The highest BCUT2D eigenvalue weighted by Gasteiger charge is 2.27. The van der Waals surface area contributed by atoms with Crippen molar-refractivity contribution in [2.24, 2.45) is 0 Å². The van der Waals surface area contributed by atoms with Gasteiger partial charge in [-0.2, -0.15) is 0 Å². The lowest BCUT2D eigenvalue weighted by Crippen LogP contribution is -2.45. The molecule has 350 valence electrons. The van der Waals surface area contributed by atoms with Crippen LogP contribution in [0, 0.1) is 0 Å². The Labute approximate surface area is 366 Å². The van der Waals surface area contributed by atoms with E-state index in [0.29, 0.717) is 17.4 Å². The first kappa shape index (κ1) is 58.0. The number of hydrogen-bond acceptors (Lipinski definition) is 5. The van der Waals surface area contributed by atoms with E-state index >= 15 is 0 Å². The van der Waals surface area contributed by atoms with E-state index in [1.807, 2.05) is 27.2 Å². The molecular weight excluding hydrogens is 756 g/mol. The van der Waals surface area contributed by atoms with E-state index in [2.05, 4.69) is 31.3 Å². The van der Waals surface area contributed by atoms with Gasteiger partial charge in [-0.15, -0.1) is 0 Å². The van der Waals surface area contributed by atoms with Crippen molar-refractivity contribution in [3.63, 3.8) is 0 Å². The van der Waals surface area contributed by atoms with Crippen molar-refractivity contribution in [3.05, 3.63) is 24.3 Å². The van der Waals surface area contributed by atoms with Gasteiger partial charge in [0, 0.05) is 6.42 Å². The van der Waals surface area contributed by atoms with E-state index < -0.39 is 20.0 Å². The minimum absolute atomic E-state index is 0.0601. The summed E-state index contributed by atoms with van der Waals surface area (Å²) in [4.78, 5) is 23.1. The second kappa shape index (κ2) is 42.3. The van der Waals surface area contributed by atoms with Crippen LogP contribution in [0.5, 0.6) is 0 Å². The molecule has 8 nitrogen and oxygen atoms in total. The summed E-state index contributed by atoms with van der Waals surface area (Å²) in [7, 11) is 1.57. The molecular formula is C50H100N2O6P+. The van der Waals surface area contributed by atoms with Crippen molar-refractivity contribution < 1.29 is 32.9 Å². The summed E-state index contributed by atoms with van der Waals surface area (Å²) < 4.78 is 23.6. The number of amides is 1. The Kier molecular flexibility index (Phi) is 41.6. The third-order valence-electron chi connectivity index (χ3n) is 11.4. The van der Waals surface area contributed by atoms with Crippen molar-refractivity contribution in [1.82, 2.24) is 5.32 Å². The molecule has 0 radical (unpaired) electrons. The van der Waals surface area contributed by atoms with Crippen LogP contribution in [-0.2, 0) is 18.4 Å². The lowest BCUT2D eigenvalue weighted by Gasteiger charge is -2.25. The number of nitrogens with one attached hydrogen (secondary N) is 1. The molecule has 0 heterocycles. The quantitative estimate of drug-likeness (QED) is 0.0244. The average Bonchev–Trinajstić information content (AvgIpc) is 3.19. The molecule has 0 rings (SSSR count). The average molecular weight is 856 g/mol. The maximum Gasteiger partial charge on any atom is 0.472 e. The van der Waals surface area contributed by atoms with E-state index in [1.54, 1.807) is 6.08 Å². The van der Waals surface area contributed by atoms with Gasteiger partial charge in [-0.3, -0.25) is 13.8 Å². The van der Waals surface area contributed by atoms with E-state index in [1.165, 1.54) is 167 Å². The van der Waals surface area contributed by atoms with Gasteiger partial charge in [0.05, 0.1) is 39.9 Å². The van der Waals surface area contributed by atoms with E-state index in [4.69, 9.17) is 9.05 Å². The highest BCUT2D eigenvalue weighted by Crippen LogP contribution is 2.43. The number of phosphoric acid groups is 1. The predicted molar refractivity (Wildman–Crippen MR) is 254 cm³/mol. The van der Waals surface area contributed by atoms with Gasteiger partial charge in [0.25, 0.3) is 0 Å². The highest BCUT2D eigenvalue weighted by molar-refractivity contribution is 7.47. The number of hydrogen-bond donors (Lipinski definition) is 3. The van der Waals surface area contributed by atoms with Crippen LogP contribution in [0.4, 0.5) is 0 Å². The Morgan fingerprint density at radius 3 is 1.31 bits per heavy atom. The third kappa shape index (κ3) is 44.8. The molecule has 0 saturated carbocycles. The van der Waals surface area contributed by atoms with Crippen molar-refractivity contribution in [2.75, 3.05) is 40.9 Å². The van der Waals surface area contributed by atoms with E-state index in [9.17, 15) is 19.4 Å². The molecule has 0 bridgehead atoms. The second-order valence-corrected chi connectivity index (χ2v) is 20.0. The molecule has 3 N–H and O–H groups in total. The van der Waals surface area contributed by atoms with E-state index in [-0.39, 0.29) is 19.1 Å². The molecule has 3 atom stereocenters. The van der Waals surface area contributed by atoms with Crippen LogP contribution < -0.4 is 5.32 Å². The van der Waals surface area contributed by atoms with Crippen molar-refractivity contribution in [2.45, 2.75) is 251 Å². The molecule has 9 heteroatoms. The van der Waals surface area contributed by atoms with Crippen molar-refractivity contribution in [3.8, 4) is 0 Å². The second-order valence-electron chi connectivity index (χ2n) is 18.5. The zero-order valence-electron chi connectivity index (χ0n) is 39.8. The number of carbonyl (C=O) groups is 1. The number of likely N-dealkylation sites (N-methyl/N-ethyl adjacent to an activating group) is 1. The van der Waals surface area contributed by atoms with Gasteiger partial charge in [0.15, 0.2) is 0 Å². The fraction of sp³-hybridized carbons (Fsp3) is 0.900. The number of carbonyl (C=O) groups excluding carboxylic acids is 1. The molecule has 0 aromatic carbocycles. The zero-order valence-corrected chi connectivity index (χ0v) is 40.7. The smallest absolute Gasteiger partial charge is 0.387 e. The molecule has 0 fully saturated rings. The fourth-order valence-electron chi connectivity index (χ4n) is 7.39. The summed E-state index contributed by atoms with van der Waals surface area (Å²) >= 11 is 0. The van der Waals surface area contributed by atoms with Crippen molar-refractivity contribution in [1.29, 1.82) is 0 Å². The summed E-state index contributed by atoms with van der Waals surface area (Å²) in [6, 6.07) is -0.851. The molecule has 3 unspecified atom stereocenters. The number of quaternary nitrogens is 1. The molecule has 59 heavy (non-hydrogen) atoms. The number of aliphatic hydroxyl groups is 1. The number of allylic oxidation sites excluding steroid dienone is 3. The van der Waals surface area contributed by atoms with Crippen LogP contribution in [0.15, 0.2) is 24.3 Å². The molecule has 0 aromatic rings. The fourth-order valence-corrected chi connectivity index (χ4v) is 8.13. The van der Waals surface area contributed by atoms with Gasteiger partial charge in [-0.1, -0.05) is 212 Å². The number of unbranched alkanes of at least 4 members (excludes halogenated alkanes) is 31. The SMILES string of the molecule is CCCCCCCC/C=C\CCCCCC(=O)NC(COP(=O)(O)OCC[N+](C)(C)C)C(O)/C=C/CCCCCCCCCCCCCCCCCCCCCCCC. The predicted octanol–water partition coefficient (Wildman–Crippen LogP) is 14.5. The number of nitrogens with zero attached hydrogens (tertiary/aromatic N) is 1. The Morgan fingerprint density at radius 2 is 0.915 bits per heavy atom. The van der Waals surface area contributed by atoms with Crippen LogP contribution in [0.2, 0.25) is 0 Å². The van der Waals surface area contributed by atoms with Crippen LogP contribution in [0.3, 0.4) is 0 Å². The van der Waals surface area contributed by atoms with Gasteiger partial charge in [0.1, 0.15) is 13.2 Å². The largest absolute Gasteiger partial charge is 0.472 e. The van der Waals surface area contributed by atoms with Crippen molar-refractivity contribution >= 4 is 13.7 Å². The molecule has 0 spiro atoms. The molecule has 0 aliphatic carbocycles. The van der Waals surface area contributed by atoms with Gasteiger partial charge >= 0.3 is 7.82 Å². The monoisotopic (exact) mass is 856 g/mol. The third-order valence-corrected chi connectivity index (χ3v) is 12.4. The summed E-state index contributed by atoms with van der Waals surface area (Å²) in [6.07, 6.45) is 51.2. The van der Waals surface area contributed by atoms with Gasteiger partial charge in [-0.25, -0.2) is 4.57 Å². The lowest BCUT2D eigenvalue weighted by atomic mass is 10.0. The highest BCUT2D eigenvalue weighted by atomic mass is 31.2. The number of aliphatic hydroxyl groups excluding tert-OH is 1. The number of rotatable bonds is 46. The Bertz CT molecular complexity index is 1020. The topological polar surface area (TPSA) is 105 Å². The first-order chi connectivity index (χ1) is 28.5. The van der Waals surface area contributed by atoms with Gasteiger partial charge in [-0.05, 0) is 44.9 Å². The Morgan fingerprint density at radius 1 is 0.559 bits per heavy atom. The molecule has 0 aliphatic rings. The maximum atomic E-state index is 12.9. The standard InChI is InChI=1S/C50H99N2O6P/c1-6-8-10-12-14-16-18-20-21-22-23-24-25-26-27-28-29-30-32-33-35-37-39-41-43-49(53)48(47-58-59(55,56)57-46-45-52(3,4)5)51-50(54)44-42-40-38-36-34-31-19-17-15-13-11-9-7-2/h31,34,41,43,48-49,53H,6-30,32-33,35-40,42,44-47H2,1-5H3,(H-,51,54,55,56)/p+1/b34-31-,43-41+. The molecule has 0 aromatic heterocycles. The zero-order chi connectivity index (χ0) is 43.6. The molecule has 1 amide bonds. The Hall–Kier alpha value is -1.02. The van der Waals surface area contributed by atoms with E-state index in [0.717, 1.165) is 51.4 Å². The normalized spacial score (nSPS) is 14.4. The minimum Gasteiger partial charge on any atom is -0.387 e. The first-order valence-electron chi connectivity index (χ1n) is 25.2. The first-order valence-corrected chi connectivity index (χ1v) is 26.7. The van der Waals surface area contributed by atoms with Gasteiger partial charge in [0.2, 0.25) is 5.91 Å². The number of phosphoric ester groups is 1. The summed E-state index contributed by atoms with van der Waals surface area (Å²) in [5.74, 6) is -0.192. The molecule has 0 aliphatic heterocycles. The van der Waals surface area contributed by atoms with Crippen LogP contribution >= 0.6 is 7.82 Å². The summed E-state index contributed by atoms with van der Waals surface area (Å²) in [6.45, 7) is 4.81. The van der Waals surface area contributed by atoms with Crippen LogP contribution in [-0.4, -0.2) is 73.4 Å². The summed E-state index contributed by atoms with van der Waals surface area (Å²) in [5, 5.41) is 13.9.